The number of nitrogens with one attached hydrogen (secondary N) is 1. The highest BCUT2D eigenvalue weighted by Gasteiger charge is 2.27. The lowest BCUT2D eigenvalue weighted by molar-refractivity contribution is -0.0914. The molecule has 1 rings (SSSR count). The molecule has 1 aliphatic rings. The molecular weight excluding hydrogens is 116 g/mol. The van der Waals surface area contributed by atoms with Crippen molar-refractivity contribution < 1.29 is 5.11 Å². The summed E-state index contributed by atoms with van der Waals surface area (Å²) in [6.45, 7) is 4.39. The minimum atomic E-state index is -0.641. The molecule has 0 radical (unpaired) electrons. The second-order valence-electron chi connectivity index (χ2n) is 2.82. The van der Waals surface area contributed by atoms with Gasteiger partial charge in [-0.25, -0.2) is 0 Å². The highest BCUT2D eigenvalue weighted by molar-refractivity contribution is 4.79. The zero-order chi connectivity index (χ0) is 6.91. The van der Waals surface area contributed by atoms with E-state index in [1.807, 2.05) is 18.9 Å². The third-order valence-corrected chi connectivity index (χ3v) is 1.91. The van der Waals surface area contributed by atoms with Crippen LogP contribution in [0.5, 0.6) is 0 Å². The Hall–Kier alpha value is -0.120. The van der Waals surface area contributed by atoms with Gasteiger partial charge in [-0.15, -0.1) is 0 Å². The number of likely N-dealkylation sites (N-methyl/N-ethyl adjacent to an activating group) is 1. The van der Waals surface area contributed by atoms with Crippen LogP contribution in [-0.2, 0) is 0 Å². The van der Waals surface area contributed by atoms with E-state index in [2.05, 4.69) is 5.32 Å². The van der Waals surface area contributed by atoms with Gasteiger partial charge in [0.1, 0.15) is 5.72 Å². The minimum absolute atomic E-state index is 0.641. The Morgan fingerprint density at radius 2 is 2.33 bits per heavy atom. The van der Waals surface area contributed by atoms with Gasteiger partial charge in [0.25, 0.3) is 0 Å². The van der Waals surface area contributed by atoms with Gasteiger partial charge in [0, 0.05) is 19.6 Å². The Labute approximate surface area is 55.7 Å². The lowest BCUT2D eigenvalue weighted by Crippen LogP contribution is -2.57. The fourth-order valence-electron chi connectivity index (χ4n) is 0.948. The molecule has 0 aliphatic carbocycles. The van der Waals surface area contributed by atoms with Gasteiger partial charge in [-0.2, -0.15) is 0 Å². The molecule has 3 nitrogen and oxygen atoms in total. The lowest BCUT2D eigenvalue weighted by atomic mass is 10.2. The Kier molecular flexibility index (Phi) is 1.75. The normalized spacial score (nSPS) is 39.0. The first-order valence-corrected chi connectivity index (χ1v) is 3.27. The fraction of sp³-hybridized carbons (Fsp3) is 1.00. The van der Waals surface area contributed by atoms with Crippen LogP contribution in [0.3, 0.4) is 0 Å². The molecule has 0 aromatic heterocycles. The van der Waals surface area contributed by atoms with Crippen molar-refractivity contribution in [1.82, 2.24) is 10.2 Å². The summed E-state index contributed by atoms with van der Waals surface area (Å²) in [5.74, 6) is 0. The molecule has 1 heterocycles. The number of rotatable bonds is 0. The van der Waals surface area contributed by atoms with Crippen LogP contribution in [0.25, 0.3) is 0 Å². The topological polar surface area (TPSA) is 35.5 Å². The molecule has 0 aromatic rings. The second kappa shape index (κ2) is 2.25. The summed E-state index contributed by atoms with van der Waals surface area (Å²) in [7, 11) is 1.93. The Morgan fingerprint density at radius 1 is 1.67 bits per heavy atom. The summed E-state index contributed by atoms with van der Waals surface area (Å²) >= 11 is 0. The quantitative estimate of drug-likeness (QED) is 0.452. The zero-order valence-electron chi connectivity index (χ0n) is 6.02. The van der Waals surface area contributed by atoms with Gasteiger partial charge in [0.2, 0.25) is 0 Å². The Morgan fingerprint density at radius 3 is 2.67 bits per heavy atom. The first-order chi connectivity index (χ1) is 4.13. The lowest BCUT2D eigenvalue weighted by Gasteiger charge is -2.38. The molecule has 9 heavy (non-hydrogen) atoms. The Bertz CT molecular complexity index is 103. The van der Waals surface area contributed by atoms with E-state index in [1.54, 1.807) is 0 Å². The monoisotopic (exact) mass is 130 g/mol. The van der Waals surface area contributed by atoms with Crippen LogP contribution in [0, 0.1) is 0 Å². The highest BCUT2D eigenvalue weighted by atomic mass is 16.3. The third-order valence-electron chi connectivity index (χ3n) is 1.91. The van der Waals surface area contributed by atoms with E-state index in [9.17, 15) is 5.11 Å². The standard InChI is InChI=1S/C6H14N2O/c1-6(9)5-7-3-4-8(6)2/h7,9H,3-5H2,1-2H3. The van der Waals surface area contributed by atoms with Crippen molar-refractivity contribution in [3.63, 3.8) is 0 Å². The second-order valence-corrected chi connectivity index (χ2v) is 2.82. The van der Waals surface area contributed by atoms with Crippen LogP contribution in [0.4, 0.5) is 0 Å². The maximum absolute atomic E-state index is 9.51. The van der Waals surface area contributed by atoms with E-state index in [1.165, 1.54) is 0 Å². The molecule has 1 saturated heterocycles. The van der Waals surface area contributed by atoms with Crippen molar-refractivity contribution in [2.75, 3.05) is 26.7 Å². The van der Waals surface area contributed by atoms with E-state index in [0.717, 1.165) is 13.1 Å². The van der Waals surface area contributed by atoms with Gasteiger partial charge in [-0.05, 0) is 14.0 Å². The zero-order valence-corrected chi connectivity index (χ0v) is 6.02. The molecule has 0 bridgehead atoms. The van der Waals surface area contributed by atoms with Gasteiger partial charge in [-0.3, -0.25) is 4.90 Å². The van der Waals surface area contributed by atoms with Gasteiger partial charge in [-0.1, -0.05) is 0 Å². The smallest absolute Gasteiger partial charge is 0.128 e. The van der Waals surface area contributed by atoms with Crippen LogP contribution < -0.4 is 5.32 Å². The molecule has 0 saturated carbocycles. The van der Waals surface area contributed by atoms with Crippen molar-refractivity contribution in [1.29, 1.82) is 0 Å². The van der Waals surface area contributed by atoms with Gasteiger partial charge >= 0.3 is 0 Å². The number of aliphatic hydroxyl groups is 1. The fourth-order valence-corrected chi connectivity index (χ4v) is 0.948. The van der Waals surface area contributed by atoms with Crippen LogP contribution >= 0.6 is 0 Å². The summed E-state index contributed by atoms with van der Waals surface area (Å²) < 4.78 is 0. The van der Waals surface area contributed by atoms with Gasteiger partial charge < -0.3 is 10.4 Å². The van der Waals surface area contributed by atoms with Gasteiger partial charge in [0.15, 0.2) is 0 Å². The van der Waals surface area contributed by atoms with Crippen molar-refractivity contribution in [2.24, 2.45) is 0 Å². The summed E-state index contributed by atoms with van der Waals surface area (Å²) in [6.07, 6.45) is 0. The van der Waals surface area contributed by atoms with Crippen LogP contribution in [0.2, 0.25) is 0 Å². The van der Waals surface area contributed by atoms with E-state index < -0.39 is 5.72 Å². The molecule has 0 aromatic carbocycles. The SMILES string of the molecule is CN1CCNCC1(C)O. The molecule has 3 heteroatoms. The minimum Gasteiger partial charge on any atom is -0.375 e. The number of piperazine rings is 1. The number of β-amino-alcohol motifs (C(OH)–C–C–N with tert-alkyl or cyclic N) is 1. The predicted octanol–water partition coefficient (Wildman–Crippen LogP) is -0.770. The molecule has 0 amide bonds. The van der Waals surface area contributed by atoms with Crippen LogP contribution in [0.15, 0.2) is 0 Å². The molecule has 1 atom stereocenters. The molecule has 54 valence electrons. The maximum Gasteiger partial charge on any atom is 0.128 e. The highest BCUT2D eigenvalue weighted by Crippen LogP contribution is 2.09. The van der Waals surface area contributed by atoms with Crippen molar-refractivity contribution in [3.05, 3.63) is 0 Å². The number of hydrogen-bond acceptors (Lipinski definition) is 3. The maximum atomic E-state index is 9.51. The van der Waals surface area contributed by atoms with E-state index in [-0.39, 0.29) is 0 Å². The summed E-state index contributed by atoms with van der Waals surface area (Å²) in [4.78, 5) is 1.95. The molecule has 1 fully saturated rings. The Balaban J connectivity index is 2.49. The summed E-state index contributed by atoms with van der Waals surface area (Å²) in [6, 6.07) is 0. The van der Waals surface area contributed by atoms with Crippen LogP contribution in [0.1, 0.15) is 6.92 Å². The summed E-state index contributed by atoms with van der Waals surface area (Å²) in [5, 5.41) is 12.6. The largest absolute Gasteiger partial charge is 0.375 e. The molecule has 1 aliphatic heterocycles. The van der Waals surface area contributed by atoms with E-state index >= 15 is 0 Å². The van der Waals surface area contributed by atoms with E-state index in [4.69, 9.17) is 0 Å². The van der Waals surface area contributed by atoms with E-state index in [0.29, 0.717) is 6.54 Å². The number of hydrogen-bond donors (Lipinski definition) is 2. The van der Waals surface area contributed by atoms with Crippen LogP contribution in [-0.4, -0.2) is 42.4 Å². The third kappa shape index (κ3) is 1.41. The first-order valence-electron chi connectivity index (χ1n) is 3.27. The first kappa shape index (κ1) is 6.99. The molecule has 1 unspecified atom stereocenters. The average molecular weight is 130 g/mol. The number of nitrogens with zero attached hydrogens (tertiary/aromatic N) is 1. The van der Waals surface area contributed by atoms with Crippen molar-refractivity contribution in [3.8, 4) is 0 Å². The molecule has 0 spiro atoms. The van der Waals surface area contributed by atoms with Crippen molar-refractivity contribution in [2.45, 2.75) is 12.6 Å². The summed E-state index contributed by atoms with van der Waals surface area (Å²) in [5.41, 5.74) is -0.641. The average Bonchev–Trinajstić information content (AvgIpc) is 1.77. The molecular formula is C6H14N2O. The molecule has 2 N–H and O–H groups in total. The van der Waals surface area contributed by atoms with Gasteiger partial charge in [0.05, 0.1) is 0 Å². The predicted molar refractivity (Wildman–Crippen MR) is 36.1 cm³/mol. The van der Waals surface area contributed by atoms with Crippen molar-refractivity contribution >= 4 is 0 Å².